The number of carbonyl (C=O) groups is 1. The molecule has 0 unspecified atom stereocenters. The lowest BCUT2D eigenvalue weighted by molar-refractivity contribution is -0.183. The maximum Gasteiger partial charge on any atom is 0.165 e. The number of hydrogen-bond donors (Lipinski definition) is 1. The maximum atomic E-state index is 13.0. The molecule has 122 valence electrons. The molecule has 0 aromatic heterocycles. The molecule has 0 heterocycles. The number of aliphatic hydroxyl groups excluding tert-OH is 1. The van der Waals surface area contributed by atoms with Crippen LogP contribution in [0.3, 0.4) is 0 Å². The lowest BCUT2D eigenvalue weighted by Crippen LogP contribution is -2.60. The SMILES string of the molecule is C=C1C(=O)[C@@]23CC[C@@H]4C(C)(C)[C@@H](O)CC[C@@]4(C)[C@@H]2CC[C@@H]1C3. The molecule has 0 amide bonds. The Kier molecular flexibility index (Phi) is 2.89. The Hall–Kier alpha value is -0.630. The van der Waals surface area contributed by atoms with Crippen molar-refractivity contribution >= 4 is 5.78 Å². The molecule has 0 aliphatic heterocycles. The van der Waals surface area contributed by atoms with Crippen molar-refractivity contribution in [2.75, 3.05) is 0 Å². The van der Waals surface area contributed by atoms with Crippen molar-refractivity contribution in [1.29, 1.82) is 0 Å². The molecule has 1 N–H and O–H groups in total. The predicted molar refractivity (Wildman–Crippen MR) is 87.3 cm³/mol. The number of hydrogen-bond acceptors (Lipinski definition) is 2. The van der Waals surface area contributed by atoms with Gasteiger partial charge >= 0.3 is 0 Å². The fourth-order valence-electron chi connectivity index (χ4n) is 7.33. The van der Waals surface area contributed by atoms with E-state index >= 15 is 0 Å². The zero-order valence-electron chi connectivity index (χ0n) is 14.3. The lowest BCUT2D eigenvalue weighted by Gasteiger charge is -2.64. The van der Waals surface area contributed by atoms with Crippen molar-refractivity contribution in [3.8, 4) is 0 Å². The average molecular weight is 302 g/mol. The summed E-state index contributed by atoms with van der Waals surface area (Å²) < 4.78 is 0. The van der Waals surface area contributed by atoms with Crippen LogP contribution in [0.25, 0.3) is 0 Å². The van der Waals surface area contributed by atoms with E-state index in [1.165, 1.54) is 6.42 Å². The Morgan fingerprint density at radius 2 is 1.77 bits per heavy atom. The van der Waals surface area contributed by atoms with Gasteiger partial charge in [0.2, 0.25) is 0 Å². The van der Waals surface area contributed by atoms with Gasteiger partial charge in [0, 0.05) is 5.41 Å². The van der Waals surface area contributed by atoms with Crippen LogP contribution in [0.1, 0.15) is 65.7 Å². The van der Waals surface area contributed by atoms with Gasteiger partial charge in [-0.15, -0.1) is 0 Å². The van der Waals surface area contributed by atoms with Gasteiger partial charge in [0.1, 0.15) is 0 Å². The highest BCUT2D eigenvalue weighted by Crippen LogP contribution is 2.70. The standard InChI is InChI=1S/C20H30O2/c1-12-13-5-6-15-19(4)9-8-16(21)18(2,3)14(19)7-10-20(15,11-13)17(12)22/h13-16,21H,1,5-11H2,2-4H3/t13-,14-,15+,16+,19-,20-/m1/s1. The third-order valence-corrected chi connectivity index (χ3v) is 8.50. The van der Waals surface area contributed by atoms with Crippen LogP contribution >= 0.6 is 0 Å². The summed E-state index contributed by atoms with van der Waals surface area (Å²) >= 11 is 0. The van der Waals surface area contributed by atoms with E-state index in [1.807, 2.05) is 0 Å². The molecule has 4 rings (SSSR count). The number of carbonyl (C=O) groups excluding carboxylic acids is 1. The molecule has 4 aliphatic rings. The van der Waals surface area contributed by atoms with E-state index in [0.29, 0.717) is 23.5 Å². The summed E-state index contributed by atoms with van der Waals surface area (Å²) in [5.41, 5.74) is 1.03. The highest BCUT2D eigenvalue weighted by molar-refractivity contribution is 6.03. The van der Waals surface area contributed by atoms with Crippen molar-refractivity contribution in [2.24, 2.45) is 34.0 Å². The van der Waals surface area contributed by atoms with Gasteiger partial charge in [0.25, 0.3) is 0 Å². The van der Waals surface area contributed by atoms with Crippen molar-refractivity contribution < 1.29 is 9.90 Å². The van der Waals surface area contributed by atoms with Gasteiger partial charge in [-0.3, -0.25) is 4.79 Å². The first kappa shape index (κ1) is 14.9. The smallest absolute Gasteiger partial charge is 0.165 e. The molecular weight excluding hydrogens is 272 g/mol. The number of allylic oxidation sites excluding steroid dienone is 1. The normalized spacial score (nSPS) is 53.1. The highest BCUT2D eigenvalue weighted by atomic mass is 16.3. The minimum Gasteiger partial charge on any atom is -0.393 e. The first-order chi connectivity index (χ1) is 10.2. The zero-order chi connectivity index (χ0) is 15.9. The van der Waals surface area contributed by atoms with Crippen molar-refractivity contribution in [2.45, 2.75) is 71.8 Å². The third kappa shape index (κ3) is 1.53. The largest absolute Gasteiger partial charge is 0.393 e. The third-order valence-electron chi connectivity index (χ3n) is 8.50. The van der Waals surface area contributed by atoms with Gasteiger partial charge in [-0.05, 0) is 79.1 Å². The first-order valence-electron chi connectivity index (χ1n) is 9.15. The zero-order valence-corrected chi connectivity index (χ0v) is 14.3. The molecule has 22 heavy (non-hydrogen) atoms. The van der Waals surface area contributed by atoms with Crippen molar-refractivity contribution in [3.63, 3.8) is 0 Å². The Labute approximate surface area is 134 Å². The van der Waals surface area contributed by atoms with Crippen LogP contribution in [0.4, 0.5) is 0 Å². The van der Waals surface area contributed by atoms with Crippen LogP contribution in [0, 0.1) is 34.0 Å². The Morgan fingerprint density at radius 3 is 2.50 bits per heavy atom. The molecule has 2 nitrogen and oxygen atoms in total. The molecule has 2 heteroatoms. The topological polar surface area (TPSA) is 37.3 Å². The van der Waals surface area contributed by atoms with E-state index in [9.17, 15) is 9.90 Å². The van der Waals surface area contributed by atoms with Gasteiger partial charge in [-0.1, -0.05) is 27.4 Å². The second-order valence-electron chi connectivity index (χ2n) is 9.51. The number of fused-ring (bicyclic) bond motifs is 3. The fraction of sp³-hybridized carbons (Fsp3) is 0.850. The summed E-state index contributed by atoms with van der Waals surface area (Å²) in [6.45, 7) is 11.1. The molecular formula is C20H30O2. The molecule has 6 atom stereocenters. The predicted octanol–water partition coefficient (Wildman–Crippen LogP) is 4.13. The van der Waals surface area contributed by atoms with Gasteiger partial charge in [-0.25, -0.2) is 0 Å². The number of ketones is 1. The number of Topliss-reactive ketones (excluding diaryl/α,β-unsaturated/α-hetero) is 1. The van der Waals surface area contributed by atoms with Crippen molar-refractivity contribution in [3.05, 3.63) is 12.2 Å². The van der Waals surface area contributed by atoms with Gasteiger partial charge in [-0.2, -0.15) is 0 Å². The molecule has 4 fully saturated rings. The molecule has 1 spiro atoms. The van der Waals surface area contributed by atoms with E-state index in [1.54, 1.807) is 0 Å². The van der Waals surface area contributed by atoms with Crippen LogP contribution in [0.5, 0.6) is 0 Å². The summed E-state index contributed by atoms with van der Waals surface area (Å²) in [5.74, 6) is 1.92. The van der Waals surface area contributed by atoms with E-state index in [4.69, 9.17) is 0 Å². The summed E-state index contributed by atoms with van der Waals surface area (Å²) in [6.07, 6.45) is 7.33. The minimum atomic E-state index is -0.190. The molecule has 0 aromatic carbocycles. The molecule has 0 aromatic rings. The van der Waals surface area contributed by atoms with Crippen LogP contribution in [-0.2, 0) is 4.79 Å². The second kappa shape index (κ2) is 4.26. The van der Waals surface area contributed by atoms with E-state index < -0.39 is 0 Å². The van der Waals surface area contributed by atoms with Crippen LogP contribution in [-0.4, -0.2) is 17.0 Å². The van der Waals surface area contributed by atoms with E-state index in [-0.39, 0.29) is 22.3 Å². The summed E-state index contributed by atoms with van der Waals surface area (Å²) in [6, 6.07) is 0. The monoisotopic (exact) mass is 302 g/mol. The lowest BCUT2D eigenvalue weighted by atomic mass is 9.40. The fourth-order valence-corrected chi connectivity index (χ4v) is 7.33. The quantitative estimate of drug-likeness (QED) is 0.683. The van der Waals surface area contributed by atoms with Gasteiger partial charge in [0.15, 0.2) is 5.78 Å². The van der Waals surface area contributed by atoms with E-state index in [2.05, 4.69) is 27.4 Å². The summed E-state index contributed by atoms with van der Waals surface area (Å²) in [5, 5.41) is 10.5. The first-order valence-corrected chi connectivity index (χ1v) is 9.15. The van der Waals surface area contributed by atoms with Gasteiger partial charge in [0.05, 0.1) is 6.10 Å². The summed E-state index contributed by atoms with van der Waals surface area (Å²) in [4.78, 5) is 13.0. The number of aliphatic hydroxyl groups is 1. The second-order valence-corrected chi connectivity index (χ2v) is 9.51. The molecule has 2 bridgehead atoms. The molecule has 0 radical (unpaired) electrons. The van der Waals surface area contributed by atoms with Gasteiger partial charge < -0.3 is 5.11 Å². The highest BCUT2D eigenvalue weighted by Gasteiger charge is 2.67. The molecule has 0 saturated heterocycles. The molecule has 4 aliphatic carbocycles. The van der Waals surface area contributed by atoms with Crippen molar-refractivity contribution in [1.82, 2.24) is 0 Å². The number of rotatable bonds is 0. The average Bonchev–Trinajstić information content (AvgIpc) is 2.65. The summed E-state index contributed by atoms with van der Waals surface area (Å²) in [7, 11) is 0. The van der Waals surface area contributed by atoms with Crippen LogP contribution in [0.15, 0.2) is 12.2 Å². The molecule has 4 saturated carbocycles. The minimum absolute atomic E-state index is 0.0237. The Bertz CT molecular complexity index is 548. The Balaban J connectivity index is 1.78. The van der Waals surface area contributed by atoms with Crippen LogP contribution in [0.2, 0.25) is 0 Å². The van der Waals surface area contributed by atoms with Crippen LogP contribution < -0.4 is 0 Å². The maximum absolute atomic E-state index is 13.0. The van der Waals surface area contributed by atoms with E-state index in [0.717, 1.165) is 44.1 Å². The Morgan fingerprint density at radius 1 is 1.05 bits per heavy atom.